The van der Waals surface area contributed by atoms with Gasteiger partial charge in [0.05, 0.1) is 0 Å². The van der Waals surface area contributed by atoms with E-state index in [2.05, 4.69) is 32.5 Å². The molecule has 0 saturated heterocycles. The number of rotatable bonds is 1. The van der Waals surface area contributed by atoms with Crippen molar-refractivity contribution in [3.8, 4) is 0 Å². The number of hydrogen-bond donors (Lipinski definition) is 1. The first kappa shape index (κ1) is 9.05. The quantitative estimate of drug-likeness (QED) is 0.612. The van der Waals surface area contributed by atoms with Gasteiger partial charge in [-0.15, -0.1) is 0 Å². The summed E-state index contributed by atoms with van der Waals surface area (Å²) in [4.78, 5) is 0. The molecular weight excluding hydrogens is 134 g/mol. The van der Waals surface area contributed by atoms with E-state index < -0.39 is 0 Å². The Balaban J connectivity index is 2.24. The molecule has 0 bridgehead atoms. The molecule has 0 aromatic heterocycles. The third kappa shape index (κ3) is 3.76. The summed E-state index contributed by atoms with van der Waals surface area (Å²) < 4.78 is 0. The van der Waals surface area contributed by atoms with Gasteiger partial charge < -0.3 is 5.32 Å². The summed E-state index contributed by atoms with van der Waals surface area (Å²) in [6, 6.07) is 0.764. The maximum atomic E-state index is 3.64. The molecule has 1 aliphatic carbocycles. The number of hydrogen-bond acceptors (Lipinski definition) is 1. The Kier molecular flexibility index (Phi) is 2.94. The van der Waals surface area contributed by atoms with Crippen LogP contribution in [0.1, 0.15) is 46.5 Å². The molecule has 1 radical (unpaired) electrons. The van der Waals surface area contributed by atoms with Gasteiger partial charge in [0, 0.05) is 11.6 Å². The van der Waals surface area contributed by atoms with Crippen molar-refractivity contribution in [2.75, 3.05) is 0 Å². The van der Waals surface area contributed by atoms with Crippen LogP contribution >= 0.6 is 0 Å². The molecule has 0 atom stereocenters. The van der Waals surface area contributed by atoms with Gasteiger partial charge in [-0.3, -0.25) is 0 Å². The fourth-order valence-corrected chi connectivity index (χ4v) is 1.68. The monoisotopic (exact) mass is 154 g/mol. The second kappa shape index (κ2) is 3.57. The highest BCUT2D eigenvalue weighted by Crippen LogP contribution is 2.18. The standard InChI is InChI=1S/C10H20N/c1-10(2,3)11-9-7-5-4-6-8-9/h4,9,11H,5-8H2,1-3H3. The van der Waals surface area contributed by atoms with Crippen LogP contribution in [0.2, 0.25) is 0 Å². The second-order valence-corrected chi connectivity index (χ2v) is 4.53. The summed E-state index contributed by atoms with van der Waals surface area (Å²) >= 11 is 0. The first-order chi connectivity index (χ1) is 5.08. The third-order valence-corrected chi connectivity index (χ3v) is 2.08. The van der Waals surface area contributed by atoms with Crippen LogP contribution in [0, 0.1) is 6.42 Å². The molecule has 1 aliphatic rings. The summed E-state index contributed by atoms with van der Waals surface area (Å²) in [7, 11) is 0. The Morgan fingerprint density at radius 3 is 2.18 bits per heavy atom. The van der Waals surface area contributed by atoms with E-state index >= 15 is 0 Å². The lowest BCUT2D eigenvalue weighted by molar-refractivity contribution is 0.315. The summed E-state index contributed by atoms with van der Waals surface area (Å²) in [5, 5.41) is 3.64. The Hall–Kier alpha value is -0.0400. The van der Waals surface area contributed by atoms with Crippen molar-refractivity contribution in [1.29, 1.82) is 0 Å². The van der Waals surface area contributed by atoms with Crippen molar-refractivity contribution in [3.05, 3.63) is 6.42 Å². The smallest absolute Gasteiger partial charge is 0.00990 e. The molecule has 0 heterocycles. The molecule has 1 nitrogen and oxygen atoms in total. The SMILES string of the molecule is CC(C)(C)NC1CC[CH]CC1. The van der Waals surface area contributed by atoms with Gasteiger partial charge in [0.25, 0.3) is 0 Å². The van der Waals surface area contributed by atoms with Gasteiger partial charge in [-0.1, -0.05) is 0 Å². The highest BCUT2D eigenvalue weighted by Gasteiger charge is 2.18. The van der Waals surface area contributed by atoms with Crippen molar-refractivity contribution in [1.82, 2.24) is 5.32 Å². The molecule has 1 N–H and O–H groups in total. The molecule has 0 aromatic carbocycles. The Bertz CT molecular complexity index is 107. The van der Waals surface area contributed by atoms with Crippen LogP contribution in [0.3, 0.4) is 0 Å². The van der Waals surface area contributed by atoms with Crippen LogP contribution in [-0.2, 0) is 0 Å². The fraction of sp³-hybridized carbons (Fsp3) is 0.900. The Morgan fingerprint density at radius 2 is 1.73 bits per heavy atom. The largest absolute Gasteiger partial charge is 0.309 e. The fourth-order valence-electron chi connectivity index (χ4n) is 1.68. The highest BCUT2D eigenvalue weighted by molar-refractivity contribution is 4.85. The highest BCUT2D eigenvalue weighted by atomic mass is 15.0. The zero-order chi connectivity index (χ0) is 8.32. The van der Waals surface area contributed by atoms with Gasteiger partial charge in [0.2, 0.25) is 0 Å². The molecule has 1 saturated carbocycles. The van der Waals surface area contributed by atoms with E-state index in [1.165, 1.54) is 25.7 Å². The Labute approximate surface area is 70.6 Å². The van der Waals surface area contributed by atoms with Crippen molar-refractivity contribution < 1.29 is 0 Å². The Morgan fingerprint density at radius 1 is 1.18 bits per heavy atom. The minimum atomic E-state index is 0.294. The second-order valence-electron chi connectivity index (χ2n) is 4.53. The summed E-state index contributed by atoms with van der Waals surface area (Å²) in [5.41, 5.74) is 0.294. The molecule has 65 valence electrons. The molecule has 0 spiro atoms. The first-order valence-electron chi connectivity index (χ1n) is 4.67. The lowest BCUT2D eigenvalue weighted by Crippen LogP contribution is -2.44. The van der Waals surface area contributed by atoms with Crippen LogP contribution in [0.4, 0.5) is 0 Å². The molecule has 11 heavy (non-hydrogen) atoms. The molecule has 0 aliphatic heterocycles. The third-order valence-electron chi connectivity index (χ3n) is 2.08. The van der Waals surface area contributed by atoms with E-state index in [1.807, 2.05) is 0 Å². The summed E-state index contributed by atoms with van der Waals surface area (Å²) in [6.07, 6.45) is 7.66. The minimum Gasteiger partial charge on any atom is -0.309 e. The van der Waals surface area contributed by atoms with Crippen molar-refractivity contribution in [2.45, 2.75) is 58.0 Å². The molecule has 0 aromatic rings. The van der Waals surface area contributed by atoms with E-state index in [9.17, 15) is 0 Å². The predicted molar refractivity (Wildman–Crippen MR) is 49.4 cm³/mol. The zero-order valence-corrected chi connectivity index (χ0v) is 7.98. The zero-order valence-electron chi connectivity index (χ0n) is 7.98. The van der Waals surface area contributed by atoms with Gasteiger partial charge in [-0.25, -0.2) is 0 Å². The van der Waals surface area contributed by atoms with Gasteiger partial charge in [-0.2, -0.15) is 0 Å². The van der Waals surface area contributed by atoms with E-state index in [-0.39, 0.29) is 0 Å². The van der Waals surface area contributed by atoms with Crippen LogP contribution in [0.25, 0.3) is 0 Å². The first-order valence-corrected chi connectivity index (χ1v) is 4.67. The van der Waals surface area contributed by atoms with E-state index in [0.717, 1.165) is 6.04 Å². The molecule has 1 heteroatoms. The van der Waals surface area contributed by atoms with Crippen LogP contribution in [0.15, 0.2) is 0 Å². The predicted octanol–water partition coefficient (Wildman–Crippen LogP) is 2.52. The van der Waals surface area contributed by atoms with Gasteiger partial charge >= 0.3 is 0 Å². The van der Waals surface area contributed by atoms with E-state index in [1.54, 1.807) is 0 Å². The van der Waals surface area contributed by atoms with E-state index in [0.29, 0.717) is 5.54 Å². The van der Waals surface area contributed by atoms with Gasteiger partial charge in [0.1, 0.15) is 0 Å². The van der Waals surface area contributed by atoms with Crippen LogP contribution in [-0.4, -0.2) is 11.6 Å². The van der Waals surface area contributed by atoms with E-state index in [4.69, 9.17) is 0 Å². The maximum absolute atomic E-state index is 3.64. The van der Waals surface area contributed by atoms with Crippen molar-refractivity contribution in [2.24, 2.45) is 0 Å². The molecule has 1 rings (SSSR count). The lowest BCUT2D eigenvalue weighted by atomic mass is 9.93. The van der Waals surface area contributed by atoms with Gasteiger partial charge in [0.15, 0.2) is 0 Å². The van der Waals surface area contributed by atoms with Crippen LogP contribution < -0.4 is 5.32 Å². The van der Waals surface area contributed by atoms with Gasteiger partial charge in [-0.05, 0) is 52.9 Å². The van der Waals surface area contributed by atoms with Crippen molar-refractivity contribution >= 4 is 0 Å². The average molecular weight is 154 g/mol. The average Bonchev–Trinajstić information content (AvgIpc) is 1.85. The maximum Gasteiger partial charge on any atom is 0.00990 e. The normalized spacial score (nSPS) is 22.1. The molecule has 0 amide bonds. The summed E-state index contributed by atoms with van der Waals surface area (Å²) in [5.74, 6) is 0. The minimum absolute atomic E-state index is 0.294. The molecular formula is C10H20N. The topological polar surface area (TPSA) is 12.0 Å². The summed E-state index contributed by atoms with van der Waals surface area (Å²) in [6.45, 7) is 6.72. The van der Waals surface area contributed by atoms with Crippen LogP contribution in [0.5, 0.6) is 0 Å². The van der Waals surface area contributed by atoms with Crippen molar-refractivity contribution in [3.63, 3.8) is 0 Å². The number of nitrogens with one attached hydrogen (secondary N) is 1. The lowest BCUT2D eigenvalue weighted by Gasteiger charge is -2.30. The molecule has 1 fully saturated rings. The molecule has 0 unspecified atom stereocenters.